The molecule has 0 saturated heterocycles. The fourth-order valence-corrected chi connectivity index (χ4v) is 1.63. The Balaban J connectivity index is 2.50. The van der Waals surface area contributed by atoms with Gasteiger partial charge in [-0.25, -0.2) is 4.79 Å². The average molecular weight is 298 g/mol. The maximum atomic E-state index is 12.6. The summed E-state index contributed by atoms with van der Waals surface area (Å²) < 4.78 is 38.8. The Bertz CT molecular complexity index is 707. The van der Waals surface area contributed by atoms with Crippen LogP contribution < -0.4 is 0 Å². The maximum absolute atomic E-state index is 12.6. The molecule has 0 fully saturated rings. The van der Waals surface area contributed by atoms with Crippen LogP contribution in [0.3, 0.4) is 0 Å². The fraction of sp³-hybridized carbons (Fsp3) is 0.167. The lowest BCUT2D eigenvalue weighted by Crippen LogP contribution is -2.11. The first-order valence-corrected chi connectivity index (χ1v) is 5.66. The van der Waals surface area contributed by atoms with Gasteiger partial charge in [0.25, 0.3) is 0 Å². The number of rotatable bonds is 3. The van der Waals surface area contributed by atoms with E-state index in [1.54, 1.807) is 0 Å². The maximum Gasteiger partial charge on any atom is 0.416 e. The number of halogens is 3. The molecule has 9 heteroatoms. The molecule has 0 saturated carbocycles. The number of alkyl halides is 3. The van der Waals surface area contributed by atoms with Crippen molar-refractivity contribution in [3.63, 3.8) is 0 Å². The fourth-order valence-electron chi connectivity index (χ4n) is 1.63. The van der Waals surface area contributed by atoms with E-state index in [1.165, 1.54) is 19.1 Å². The van der Waals surface area contributed by atoms with Crippen LogP contribution in [-0.4, -0.2) is 31.3 Å². The predicted octanol–water partition coefficient (Wildman–Crippen LogP) is 2.08. The van der Waals surface area contributed by atoms with Crippen LogP contribution in [0.1, 0.15) is 17.0 Å². The van der Waals surface area contributed by atoms with Gasteiger partial charge in [0.2, 0.25) is 0 Å². The topological polar surface area (TPSA) is 80.9 Å². The molecular formula is C12H9F3N4O2. The summed E-state index contributed by atoms with van der Waals surface area (Å²) in [5, 5.41) is 19.5. The number of tetrazole rings is 1. The van der Waals surface area contributed by atoms with E-state index >= 15 is 0 Å². The summed E-state index contributed by atoms with van der Waals surface area (Å²) in [5.74, 6) is -1.15. The zero-order valence-electron chi connectivity index (χ0n) is 10.7. The van der Waals surface area contributed by atoms with Crippen molar-refractivity contribution in [2.45, 2.75) is 13.1 Å². The van der Waals surface area contributed by atoms with Crippen LogP contribution in [0.25, 0.3) is 11.8 Å². The number of aliphatic carboxylic acids is 1. The second-order valence-electron chi connectivity index (χ2n) is 4.10. The zero-order chi connectivity index (χ0) is 15.6. The van der Waals surface area contributed by atoms with E-state index in [4.69, 9.17) is 5.11 Å². The second kappa shape index (κ2) is 5.35. The van der Waals surface area contributed by atoms with E-state index in [9.17, 15) is 18.0 Å². The smallest absolute Gasteiger partial charge is 0.416 e. The lowest BCUT2D eigenvalue weighted by atomic mass is 10.1. The molecule has 0 aliphatic carbocycles. The van der Waals surface area contributed by atoms with E-state index < -0.39 is 17.7 Å². The highest BCUT2D eigenvalue weighted by Gasteiger charge is 2.30. The van der Waals surface area contributed by atoms with Crippen molar-refractivity contribution in [1.29, 1.82) is 0 Å². The standard InChI is InChI=1S/C12H9F3N4O2/c1-7-16-17-18-19(7)10(11(20)21)6-8-3-2-4-9(5-8)12(13,14)15/h2-6H,1H3,(H,20,21)/b10-6-. The normalized spacial score (nSPS) is 12.5. The third-order valence-corrected chi connectivity index (χ3v) is 2.59. The molecule has 110 valence electrons. The van der Waals surface area contributed by atoms with Crippen molar-refractivity contribution < 1.29 is 23.1 Å². The minimum absolute atomic E-state index is 0.0807. The summed E-state index contributed by atoms with van der Waals surface area (Å²) in [5.41, 5.74) is -1.14. The lowest BCUT2D eigenvalue weighted by molar-refractivity contribution is -0.137. The number of carbonyl (C=O) groups is 1. The summed E-state index contributed by atoms with van der Waals surface area (Å²) >= 11 is 0. The molecule has 0 aliphatic heterocycles. The summed E-state index contributed by atoms with van der Waals surface area (Å²) in [7, 11) is 0. The molecule has 1 aromatic carbocycles. The molecule has 0 bridgehead atoms. The van der Waals surface area contributed by atoms with Gasteiger partial charge in [0.1, 0.15) is 0 Å². The Labute approximate surface area is 116 Å². The van der Waals surface area contributed by atoms with Crippen LogP contribution in [0.15, 0.2) is 24.3 Å². The van der Waals surface area contributed by atoms with Gasteiger partial charge in [-0.2, -0.15) is 17.9 Å². The Morgan fingerprint density at radius 1 is 1.38 bits per heavy atom. The third kappa shape index (κ3) is 3.25. The first-order chi connectivity index (χ1) is 9.79. The molecule has 1 heterocycles. The number of carboxylic acid groups (broad SMARTS) is 1. The number of aryl methyl sites for hydroxylation is 1. The molecule has 6 nitrogen and oxygen atoms in total. The van der Waals surface area contributed by atoms with Gasteiger partial charge in [-0.05, 0) is 41.1 Å². The first-order valence-electron chi connectivity index (χ1n) is 5.66. The largest absolute Gasteiger partial charge is 0.477 e. The molecule has 2 aromatic rings. The molecule has 0 amide bonds. The monoisotopic (exact) mass is 298 g/mol. The Kier molecular flexibility index (Phi) is 3.74. The van der Waals surface area contributed by atoms with Gasteiger partial charge in [0.15, 0.2) is 11.5 Å². The van der Waals surface area contributed by atoms with Gasteiger partial charge in [-0.15, -0.1) is 5.10 Å². The highest BCUT2D eigenvalue weighted by Crippen LogP contribution is 2.30. The molecule has 0 aliphatic rings. The number of nitrogens with zero attached hydrogens (tertiary/aromatic N) is 4. The van der Waals surface area contributed by atoms with Gasteiger partial charge in [-0.3, -0.25) is 0 Å². The van der Waals surface area contributed by atoms with Crippen LogP contribution in [0.2, 0.25) is 0 Å². The van der Waals surface area contributed by atoms with Crippen molar-refractivity contribution in [3.8, 4) is 0 Å². The van der Waals surface area contributed by atoms with Crippen molar-refractivity contribution in [2.24, 2.45) is 0 Å². The summed E-state index contributed by atoms with van der Waals surface area (Å²) in [6.07, 6.45) is -3.43. The van der Waals surface area contributed by atoms with E-state index in [0.29, 0.717) is 0 Å². The number of hydrogen-bond donors (Lipinski definition) is 1. The second-order valence-corrected chi connectivity index (χ2v) is 4.10. The highest BCUT2D eigenvalue weighted by atomic mass is 19.4. The van der Waals surface area contributed by atoms with Crippen LogP contribution in [0, 0.1) is 6.92 Å². The molecule has 0 atom stereocenters. The van der Waals surface area contributed by atoms with E-state index in [-0.39, 0.29) is 17.1 Å². The number of aromatic nitrogens is 4. The Morgan fingerprint density at radius 3 is 2.62 bits per heavy atom. The van der Waals surface area contributed by atoms with E-state index in [1.807, 2.05) is 0 Å². The zero-order valence-corrected chi connectivity index (χ0v) is 10.7. The number of carboxylic acids is 1. The lowest BCUT2D eigenvalue weighted by Gasteiger charge is -2.07. The SMILES string of the molecule is Cc1nnnn1/C(=C\c1cccc(C(F)(F)F)c1)C(=O)O. The number of benzene rings is 1. The number of hydrogen-bond acceptors (Lipinski definition) is 4. The first kappa shape index (κ1) is 14.7. The van der Waals surface area contributed by atoms with E-state index in [0.717, 1.165) is 22.9 Å². The van der Waals surface area contributed by atoms with Crippen LogP contribution in [-0.2, 0) is 11.0 Å². The van der Waals surface area contributed by atoms with Gasteiger partial charge in [0.05, 0.1) is 5.56 Å². The van der Waals surface area contributed by atoms with Gasteiger partial charge < -0.3 is 5.11 Å². The Morgan fingerprint density at radius 2 is 2.10 bits per heavy atom. The van der Waals surface area contributed by atoms with E-state index in [2.05, 4.69) is 15.5 Å². The summed E-state index contributed by atoms with van der Waals surface area (Å²) in [4.78, 5) is 11.2. The van der Waals surface area contributed by atoms with Gasteiger partial charge in [-0.1, -0.05) is 12.1 Å². The minimum Gasteiger partial charge on any atom is -0.477 e. The molecule has 1 N–H and O–H groups in total. The van der Waals surface area contributed by atoms with Crippen LogP contribution in [0.4, 0.5) is 13.2 Å². The molecule has 0 radical (unpaired) electrons. The predicted molar refractivity (Wildman–Crippen MR) is 65.8 cm³/mol. The van der Waals surface area contributed by atoms with Crippen molar-refractivity contribution in [2.75, 3.05) is 0 Å². The van der Waals surface area contributed by atoms with Crippen molar-refractivity contribution in [1.82, 2.24) is 20.2 Å². The van der Waals surface area contributed by atoms with Gasteiger partial charge in [0, 0.05) is 0 Å². The van der Waals surface area contributed by atoms with Gasteiger partial charge >= 0.3 is 12.1 Å². The molecule has 21 heavy (non-hydrogen) atoms. The molecule has 0 spiro atoms. The summed E-state index contributed by atoms with van der Waals surface area (Å²) in [6.45, 7) is 1.48. The average Bonchev–Trinajstić information content (AvgIpc) is 2.81. The quantitative estimate of drug-likeness (QED) is 0.877. The molecular weight excluding hydrogens is 289 g/mol. The Hall–Kier alpha value is -2.71. The minimum atomic E-state index is -4.50. The van der Waals surface area contributed by atoms with Crippen LogP contribution >= 0.6 is 0 Å². The molecule has 2 rings (SSSR count). The van der Waals surface area contributed by atoms with Crippen molar-refractivity contribution in [3.05, 3.63) is 41.2 Å². The molecule has 1 aromatic heterocycles. The third-order valence-electron chi connectivity index (χ3n) is 2.59. The van der Waals surface area contributed by atoms with Crippen LogP contribution in [0.5, 0.6) is 0 Å². The van der Waals surface area contributed by atoms with Crippen molar-refractivity contribution >= 4 is 17.7 Å². The highest BCUT2D eigenvalue weighted by molar-refractivity contribution is 6.14. The molecule has 0 unspecified atom stereocenters. The summed E-state index contributed by atoms with van der Waals surface area (Å²) in [6, 6.07) is 4.31.